The summed E-state index contributed by atoms with van der Waals surface area (Å²) in [7, 11) is 0. The Hall–Kier alpha value is -1.95. The number of primary amides is 1. The molecule has 0 aromatic carbocycles. The van der Waals surface area contributed by atoms with E-state index in [1.165, 1.54) is 0 Å². The van der Waals surface area contributed by atoms with Crippen molar-refractivity contribution in [2.75, 3.05) is 26.2 Å². The van der Waals surface area contributed by atoms with E-state index < -0.39 is 0 Å². The van der Waals surface area contributed by atoms with Crippen LogP contribution in [0.5, 0.6) is 0 Å². The Morgan fingerprint density at radius 3 is 2.91 bits per heavy atom. The van der Waals surface area contributed by atoms with Gasteiger partial charge in [-0.15, -0.1) is 0 Å². The topological polar surface area (TPSA) is 79.5 Å². The van der Waals surface area contributed by atoms with Gasteiger partial charge in [0, 0.05) is 31.1 Å². The third kappa shape index (κ3) is 3.88. The molecule has 6 heteroatoms. The molecule has 124 valence electrons. The zero-order chi connectivity index (χ0) is 16.3. The molecule has 1 atom stereocenters. The molecule has 23 heavy (non-hydrogen) atoms. The monoisotopic (exact) mass is 316 g/mol. The van der Waals surface area contributed by atoms with Gasteiger partial charge in [0.05, 0.1) is 18.8 Å². The smallest absolute Gasteiger partial charge is 0.231 e. The minimum atomic E-state index is -0.278. The second-order valence-corrected chi connectivity index (χ2v) is 6.85. The molecule has 2 aliphatic heterocycles. The number of pyridine rings is 1. The van der Waals surface area contributed by atoms with E-state index in [-0.39, 0.29) is 17.2 Å². The molecule has 6 nitrogen and oxygen atoms in total. The van der Waals surface area contributed by atoms with Crippen LogP contribution in [0.4, 0.5) is 0 Å². The summed E-state index contributed by atoms with van der Waals surface area (Å²) in [6.07, 6.45) is 5.40. The molecule has 3 heterocycles. The fourth-order valence-electron chi connectivity index (χ4n) is 3.93. The summed E-state index contributed by atoms with van der Waals surface area (Å²) in [6, 6.07) is 5.78. The maximum absolute atomic E-state index is 12.3. The van der Waals surface area contributed by atoms with Crippen molar-refractivity contribution in [2.24, 2.45) is 11.1 Å². The first-order chi connectivity index (χ1) is 11.1. The van der Waals surface area contributed by atoms with Crippen LogP contribution in [-0.2, 0) is 16.1 Å². The fraction of sp³-hybridized carbons (Fsp3) is 0.588. The number of piperidine rings is 2. The van der Waals surface area contributed by atoms with Gasteiger partial charge in [0.1, 0.15) is 0 Å². The highest BCUT2D eigenvalue weighted by Gasteiger charge is 2.41. The van der Waals surface area contributed by atoms with E-state index in [1.807, 2.05) is 23.1 Å². The van der Waals surface area contributed by atoms with Crippen molar-refractivity contribution in [3.8, 4) is 0 Å². The van der Waals surface area contributed by atoms with Crippen LogP contribution in [0.25, 0.3) is 0 Å². The quantitative estimate of drug-likeness (QED) is 0.890. The van der Waals surface area contributed by atoms with Gasteiger partial charge in [-0.1, -0.05) is 6.07 Å². The number of likely N-dealkylation sites (tertiary alicyclic amines) is 2. The van der Waals surface area contributed by atoms with Crippen LogP contribution >= 0.6 is 0 Å². The van der Waals surface area contributed by atoms with Crippen LogP contribution in [-0.4, -0.2) is 52.8 Å². The van der Waals surface area contributed by atoms with Crippen molar-refractivity contribution in [3.05, 3.63) is 30.1 Å². The third-order valence-electron chi connectivity index (χ3n) is 4.95. The SMILES string of the molecule is NC(=O)CN1CCCC2(CCC(=O)N(Cc3ccccn3)C2)C1. The first-order valence-electron chi connectivity index (χ1n) is 8.25. The zero-order valence-corrected chi connectivity index (χ0v) is 13.4. The van der Waals surface area contributed by atoms with Crippen LogP contribution in [0.2, 0.25) is 0 Å². The average molecular weight is 316 g/mol. The van der Waals surface area contributed by atoms with E-state index in [1.54, 1.807) is 6.20 Å². The molecule has 1 unspecified atom stereocenters. The predicted octanol–water partition coefficient (Wildman–Crippen LogP) is 0.772. The standard InChI is InChI=1S/C17H24N4O2/c18-15(22)11-20-9-3-6-17(12-20)7-5-16(23)21(13-17)10-14-4-1-2-8-19-14/h1-2,4,8H,3,5-7,9-13H2,(H2,18,22). The molecular formula is C17H24N4O2. The number of nitrogens with zero attached hydrogens (tertiary/aromatic N) is 3. The first kappa shape index (κ1) is 15.9. The van der Waals surface area contributed by atoms with Gasteiger partial charge >= 0.3 is 0 Å². The van der Waals surface area contributed by atoms with Gasteiger partial charge in [0.25, 0.3) is 0 Å². The average Bonchev–Trinajstić information content (AvgIpc) is 2.52. The maximum atomic E-state index is 12.3. The summed E-state index contributed by atoms with van der Waals surface area (Å²) >= 11 is 0. The van der Waals surface area contributed by atoms with Crippen LogP contribution in [0.15, 0.2) is 24.4 Å². The number of hydrogen-bond donors (Lipinski definition) is 1. The Labute approximate surface area is 136 Å². The molecule has 0 saturated carbocycles. The predicted molar refractivity (Wildman–Crippen MR) is 86.2 cm³/mol. The van der Waals surface area contributed by atoms with Gasteiger partial charge in [-0.25, -0.2) is 0 Å². The lowest BCUT2D eigenvalue weighted by Crippen LogP contribution is -2.54. The van der Waals surface area contributed by atoms with Gasteiger partial charge in [-0.3, -0.25) is 19.5 Å². The number of carbonyl (C=O) groups is 2. The summed E-state index contributed by atoms with van der Waals surface area (Å²) in [5.74, 6) is -0.0763. The lowest BCUT2D eigenvalue weighted by atomic mass is 9.73. The number of aromatic nitrogens is 1. The van der Waals surface area contributed by atoms with Crippen molar-refractivity contribution < 1.29 is 9.59 Å². The molecule has 2 fully saturated rings. The molecule has 2 amide bonds. The lowest BCUT2D eigenvalue weighted by molar-refractivity contribution is -0.140. The Bertz CT molecular complexity index is 577. The summed E-state index contributed by atoms with van der Waals surface area (Å²) in [5, 5.41) is 0. The largest absolute Gasteiger partial charge is 0.369 e. The van der Waals surface area contributed by atoms with Gasteiger partial charge in [0.15, 0.2) is 0 Å². The van der Waals surface area contributed by atoms with Crippen molar-refractivity contribution in [3.63, 3.8) is 0 Å². The van der Waals surface area contributed by atoms with E-state index in [0.717, 1.165) is 44.6 Å². The van der Waals surface area contributed by atoms with E-state index in [2.05, 4.69) is 9.88 Å². The van der Waals surface area contributed by atoms with Crippen LogP contribution in [0.1, 0.15) is 31.4 Å². The third-order valence-corrected chi connectivity index (χ3v) is 4.95. The number of hydrogen-bond acceptors (Lipinski definition) is 4. The highest BCUT2D eigenvalue weighted by Crippen LogP contribution is 2.39. The Morgan fingerprint density at radius 2 is 2.17 bits per heavy atom. The molecule has 1 spiro atoms. The van der Waals surface area contributed by atoms with Crippen LogP contribution in [0, 0.1) is 5.41 Å². The fourth-order valence-corrected chi connectivity index (χ4v) is 3.93. The second kappa shape index (κ2) is 6.66. The number of amides is 2. The zero-order valence-electron chi connectivity index (χ0n) is 13.4. The minimum Gasteiger partial charge on any atom is -0.369 e. The number of nitrogens with two attached hydrogens (primary N) is 1. The highest BCUT2D eigenvalue weighted by atomic mass is 16.2. The molecule has 2 aliphatic rings. The Morgan fingerprint density at radius 1 is 1.30 bits per heavy atom. The summed E-state index contributed by atoms with van der Waals surface area (Å²) in [4.78, 5) is 31.9. The van der Waals surface area contributed by atoms with Crippen molar-refractivity contribution in [1.82, 2.24) is 14.8 Å². The second-order valence-electron chi connectivity index (χ2n) is 6.85. The van der Waals surface area contributed by atoms with E-state index in [0.29, 0.717) is 19.5 Å². The normalized spacial score (nSPS) is 25.7. The molecule has 0 aliphatic carbocycles. The van der Waals surface area contributed by atoms with E-state index in [9.17, 15) is 9.59 Å². The number of carbonyl (C=O) groups excluding carboxylic acids is 2. The number of rotatable bonds is 4. The molecule has 2 N–H and O–H groups in total. The minimum absolute atomic E-state index is 0.0936. The molecular weight excluding hydrogens is 292 g/mol. The molecule has 0 radical (unpaired) electrons. The van der Waals surface area contributed by atoms with E-state index >= 15 is 0 Å². The highest BCUT2D eigenvalue weighted by molar-refractivity contribution is 5.77. The molecule has 3 rings (SSSR count). The molecule has 1 aromatic heterocycles. The van der Waals surface area contributed by atoms with Gasteiger partial charge < -0.3 is 10.6 Å². The molecule has 0 bridgehead atoms. The Kier molecular flexibility index (Phi) is 4.61. The lowest BCUT2D eigenvalue weighted by Gasteiger charge is -2.48. The molecule has 1 aromatic rings. The van der Waals surface area contributed by atoms with E-state index in [4.69, 9.17) is 5.73 Å². The summed E-state index contributed by atoms with van der Waals surface area (Å²) < 4.78 is 0. The van der Waals surface area contributed by atoms with Crippen LogP contribution in [0.3, 0.4) is 0 Å². The van der Waals surface area contributed by atoms with Crippen molar-refractivity contribution >= 4 is 11.8 Å². The van der Waals surface area contributed by atoms with Gasteiger partial charge in [-0.05, 0) is 37.9 Å². The summed E-state index contributed by atoms with van der Waals surface area (Å²) in [6.45, 7) is 3.39. The van der Waals surface area contributed by atoms with Gasteiger partial charge in [0.2, 0.25) is 11.8 Å². The summed E-state index contributed by atoms with van der Waals surface area (Å²) in [5.41, 5.74) is 6.35. The maximum Gasteiger partial charge on any atom is 0.231 e. The van der Waals surface area contributed by atoms with Crippen molar-refractivity contribution in [2.45, 2.75) is 32.2 Å². The van der Waals surface area contributed by atoms with Crippen LogP contribution < -0.4 is 5.73 Å². The molecule has 2 saturated heterocycles. The van der Waals surface area contributed by atoms with Crippen molar-refractivity contribution in [1.29, 1.82) is 0 Å². The first-order valence-corrected chi connectivity index (χ1v) is 8.25. The Balaban J connectivity index is 1.69. The van der Waals surface area contributed by atoms with Gasteiger partial charge in [-0.2, -0.15) is 0 Å².